The van der Waals surface area contributed by atoms with Crippen molar-refractivity contribution >= 4 is 5.78 Å². The average Bonchev–Trinajstić information content (AvgIpc) is 2.86. The summed E-state index contributed by atoms with van der Waals surface area (Å²) in [7, 11) is 1.58. The van der Waals surface area contributed by atoms with E-state index in [0.29, 0.717) is 36.2 Å². The minimum atomic E-state index is 0.112. The number of rotatable bonds is 10. The van der Waals surface area contributed by atoms with Crippen molar-refractivity contribution in [2.75, 3.05) is 13.7 Å². The zero-order valence-corrected chi connectivity index (χ0v) is 13.8. The van der Waals surface area contributed by atoms with Crippen LogP contribution < -0.4 is 10.5 Å². The van der Waals surface area contributed by atoms with Gasteiger partial charge in [0.1, 0.15) is 5.69 Å². The van der Waals surface area contributed by atoms with Gasteiger partial charge in [0.05, 0.1) is 13.3 Å². The maximum atomic E-state index is 12.5. The van der Waals surface area contributed by atoms with Gasteiger partial charge < -0.3 is 10.5 Å². The summed E-state index contributed by atoms with van der Waals surface area (Å²) in [6, 6.07) is 0. The van der Waals surface area contributed by atoms with Gasteiger partial charge in [-0.05, 0) is 37.6 Å². The molecule has 0 bridgehead atoms. The maximum Gasteiger partial charge on any atom is 0.184 e. The summed E-state index contributed by atoms with van der Waals surface area (Å²) < 4.78 is 7.03. The Kier molecular flexibility index (Phi) is 7.43. The second-order valence-electron chi connectivity index (χ2n) is 5.83. The van der Waals surface area contributed by atoms with Crippen LogP contribution in [0.3, 0.4) is 0 Å². The van der Waals surface area contributed by atoms with Crippen LogP contribution in [0, 0.1) is 11.8 Å². The fourth-order valence-electron chi connectivity index (χ4n) is 2.64. The number of carbonyl (C=O) groups is 1. The SMILES string of the molecule is CCCn1ncc(OC)c1C(=O)CCC(CCN)C(C)C. The molecule has 0 aliphatic carbocycles. The normalized spacial score (nSPS) is 12.7. The van der Waals surface area contributed by atoms with Gasteiger partial charge in [0, 0.05) is 13.0 Å². The van der Waals surface area contributed by atoms with Gasteiger partial charge in [-0.1, -0.05) is 20.8 Å². The number of aromatic nitrogens is 2. The van der Waals surface area contributed by atoms with Crippen molar-refractivity contribution in [3.05, 3.63) is 11.9 Å². The van der Waals surface area contributed by atoms with Crippen LogP contribution in [0.15, 0.2) is 6.20 Å². The largest absolute Gasteiger partial charge is 0.493 e. The molecule has 1 aromatic rings. The zero-order chi connectivity index (χ0) is 15.8. The number of hydrogen-bond donors (Lipinski definition) is 1. The van der Waals surface area contributed by atoms with Gasteiger partial charge in [0.25, 0.3) is 0 Å². The van der Waals surface area contributed by atoms with Crippen molar-refractivity contribution < 1.29 is 9.53 Å². The summed E-state index contributed by atoms with van der Waals surface area (Å²) >= 11 is 0. The summed E-state index contributed by atoms with van der Waals surface area (Å²) in [5.74, 6) is 1.73. The molecule has 0 aromatic carbocycles. The third-order valence-electron chi connectivity index (χ3n) is 3.95. The van der Waals surface area contributed by atoms with Crippen LogP contribution in [0.5, 0.6) is 5.75 Å². The number of ketones is 1. The molecule has 0 spiro atoms. The molecule has 0 saturated carbocycles. The molecule has 0 saturated heterocycles. The van der Waals surface area contributed by atoms with Crippen molar-refractivity contribution in [2.45, 2.75) is 53.0 Å². The Morgan fingerprint density at radius 1 is 1.43 bits per heavy atom. The van der Waals surface area contributed by atoms with Gasteiger partial charge in [-0.15, -0.1) is 0 Å². The lowest BCUT2D eigenvalue weighted by atomic mass is 9.87. The number of nitrogens with zero attached hydrogens (tertiary/aromatic N) is 2. The first kappa shape index (κ1) is 17.7. The standard InChI is InChI=1S/C16H29N3O2/c1-5-10-19-16(15(21-4)11-18-19)14(20)7-6-13(8-9-17)12(2)3/h11-13H,5-10,17H2,1-4H3. The van der Waals surface area contributed by atoms with Crippen LogP contribution in [-0.2, 0) is 6.54 Å². The number of carbonyl (C=O) groups excluding carboxylic acids is 1. The van der Waals surface area contributed by atoms with E-state index < -0.39 is 0 Å². The van der Waals surface area contributed by atoms with Crippen LogP contribution in [0.4, 0.5) is 0 Å². The van der Waals surface area contributed by atoms with Gasteiger partial charge in [-0.25, -0.2) is 0 Å². The quantitative estimate of drug-likeness (QED) is 0.674. The Labute approximate surface area is 127 Å². The first-order valence-corrected chi connectivity index (χ1v) is 7.88. The molecule has 5 heteroatoms. The highest BCUT2D eigenvalue weighted by atomic mass is 16.5. The summed E-state index contributed by atoms with van der Waals surface area (Å²) in [6.07, 6.45) is 4.93. The van der Waals surface area contributed by atoms with Crippen LogP contribution in [0.25, 0.3) is 0 Å². The highest BCUT2D eigenvalue weighted by Gasteiger charge is 2.21. The molecule has 0 aliphatic heterocycles. The number of ether oxygens (including phenoxy) is 1. The molecular weight excluding hydrogens is 266 g/mol. The topological polar surface area (TPSA) is 70.1 Å². The molecule has 1 atom stereocenters. The predicted molar refractivity (Wildman–Crippen MR) is 84.6 cm³/mol. The Bertz CT molecular complexity index is 441. The van der Waals surface area contributed by atoms with Crippen LogP contribution in [-0.4, -0.2) is 29.2 Å². The molecular formula is C16H29N3O2. The van der Waals surface area contributed by atoms with Gasteiger partial charge in [0.15, 0.2) is 11.5 Å². The molecule has 1 heterocycles. The predicted octanol–water partition coefficient (Wildman–Crippen LogP) is 2.89. The molecule has 1 unspecified atom stereocenters. The molecule has 5 nitrogen and oxygen atoms in total. The Morgan fingerprint density at radius 2 is 2.14 bits per heavy atom. The minimum absolute atomic E-state index is 0.112. The van der Waals surface area contributed by atoms with Crippen LogP contribution in [0.1, 0.15) is 56.9 Å². The van der Waals surface area contributed by atoms with E-state index in [1.165, 1.54) is 0 Å². The smallest absolute Gasteiger partial charge is 0.184 e. The molecule has 0 amide bonds. The van der Waals surface area contributed by atoms with E-state index in [1.54, 1.807) is 18.0 Å². The van der Waals surface area contributed by atoms with E-state index in [-0.39, 0.29) is 5.78 Å². The molecule has 120 valence electrons. The monoisotopic (exact) mass is 295 g/mol. The van der Waals surface area contributed by atoms with E-state index in [0.717, 1.165) is 25.8 Å². The van der Waals surface area contributed by atoms with Gasteiger partial charge >= 0.3 is 0 Å². The fraction of sp³-hybridized carbons (Fsp3) is 0.750. The maximum absolute atomic E-state index is 12.5. The summed E-state index contributed by atoms with van der Waals surface area (Å²) in [5.41, 5.74) is 6.26. The van der Waals surface area contributed by atoms with Crippen molar-refractivity contribution in [3.63, 3.8) is 0 Å². The first-order valence-electron chi connectivity index (χ1n) is 7.88. The Balaban J connectivity index is 2.76. The van der Waals surface area contributed by atoms with Crippen LogP contribution in [0.2, 0.25) is 0 Å². The highest BCUT2D eigenvalue weighted by molar-refractivity contribution is 5.97. The first-order chi connectivity index (χ1) is 10.0. The van der Waals surface area contributed by atoms with Gasteiger partial charge in [0.2, 0.25) is 0 Å². The van der Waals surface area contributed by atoms with E-state index in [4.69, 9.17) is 10.5 Å². The fourth-order valence-corrected chi connectivity index (χ4v) is 2.64. The van der Waals surface area contributed by atoms with Crippen LogP contribution >= 0.6 is 0 Å². The second kappa shape index (κ2) is 8.82. The molecule has 0 fully saturated rings. The third-order valence-corrected chi connectivity index (χ3v) is 3.95. The molecule has 21 heavy (non-hydrogen) atoms. The number of nitrogens with two attached hydrogens (primary N) is 1. The minimum Gasteiger partial charge on any atom is -0.493 e. The van der Waals surface area contributed by atoms with E-state index in [1.807, 2.05) is 0 Å². The second-order valence-corrected chi connectivity index (χ2v) is 5.83. The van der Waals surface area contributed by atoms with Crippen molar-refractivity contribution in [2.24, 2.45) is 17.6 Å². The molecule has 1 aromatic heterocycles. The number of Topliss-reactive ketones (excluding diaryl/α,β-unsaturated/α-hetero) is 1. The van der Waals surface area contributed by atoms with Crippen molar-refractivity contribution in [1.29, 1.82) is 0 Å². The molecule has 1 rings (SSSR count). The Morgan fingerprint density at radius 3 is 2.67 bits per heavy atom. The third kappa shape index (κ3) is 4.84. The van der Waals surface area contributed by atoms with Gasteiger partial charge in [-0.3, -0.25) is 9.48 Å². The summed E-state index contributed by atoms with van der Waals surface area (Å²) in [4.78, 5) is 12.5. The average molecular weight is 295 g/mol. The molecule has 0 aliphatic rings. The number of methoxy groups -OCH3 is 1. The van der Waals surface area contributed by atoms with Crippen molar-refractivity contribution in [3.8, 4) is 5.75 Å². The summed E-state index contributed by atoms with van der Waals surface area (Å²) in [6.45, 7) is 7.85. The number of hydrogen-bond acceptors (Lipinski definition) is 4. The van der Waals surface area contributed by atoms with E-state index >= 15 is 0 Å². The van der Waals surface area contributed by atoms with E-state index in [2.05, 4.69) is 25.9 Å². The lowest BCUT2D eigenvalue weighted by molar-refractivity contribution is 0.0955. The zero-order valence-electron chi connectivity index (χ0n) is 13.8. The number of aryl methyl sites for hydroxylation is 1. The Hall–Kier alpha value is -1.36. The van der Waals surface area contributed by atoms with E-state index in [9.17, 15) is 4.79 Å². The molecule has 0 radical (unpaired) electrons. The van der Waals surface area contributed by atoms with Crippen molar-refractivity contribution in [1.82, 2.24) is 9.78 Å². The molecule has 2 N–H and O–H groups in total. The lowest BCUT2D eigenvalue weighted by Gasteiger charge is -2.19. The summed E-state index contributed by atoms with van der Waals surface area (Å²) in [5, 5.41) is 4.25. The van der Waals surface area contributed by atoms with Gasteiger partial charge in [-0.2, -0.15) is 5.10 Å². The highest BCUT2D eigenvalue weighted by Crippen LogP contribution is 2.25. The lowest BCUT2D eigenvalue weighted by Crippen LogP contribution is -2.17.